The molecule has 0 bridgehead atoms. The average Bonchev–Trinajstić information content (AvgIpc) is 3.26. The van der Waals surface area contributed by atoms with Gasteiger partial charge in [-0.3, -0.25) is 4.79 Å². The van der Waals surface area contributed by atoms with E-state index in [-0.39, 0.29) is 29.2 Å². The van der Waals surface area contributed by atoms with Gasteiger partial charge in [-0.2, -0.15) is 5.21 Å². The fraction of sp³-hybridized carbons (Fsp3) is 0.0625. The lowest BCUT2D eigenvalue weighted by molar-refractivity contribution is 0.0696. The number of aliphatic hydroxyl groups excluding tert-OH is 1. The number of aromatic amines is 1. The van der Waals surface area contributed by atoms with Crippen LogP contribution in [-0.4, -0.2) is 47.2 Å². The highest BCUT2D eigenvalue weighted by atomic mass is 19.1. The van der Waals surface area contributed by atoms with Crippen LogP contribution in [0.5, 0.6) is 0 Å². The number of aromatic carboxylic acids is 1. The van der Waals surface area contributed by atoms with Gasteiger partial charge in [-0.25, -0.2) is 9.18 Å². The number of carboxylic acids is 1. The van der Waals surface area contributed by atoms with Crippen molar-refractivity contribution in [2.24, 2.45) is 0 Å². The molecule has 3 rings (SSSR count). The first-order chi connectivity index (χ1) is 12.5. The van der Waals surface area contributed by atoms with E-state index in [4.69, 9.17) is 5.11 Å². The summed E-state index contributed by atoms with van der Waals surface area (Å²) in [5.41, 5.74) is 0.0956. The highest BCUT2D eigenvalue weighted by Gasteiger charge is 2.18. The first-order valence-corrected chi connectivity index (χ1v) is 7.31. The molecule has 3 aromatic rings. The van der Waals surface area contributed by atoms with Gasteiger partial charge in [0, 0.05) is 17.8 Å². The number of ketones is 1. The Morgan fingerprint density at radius 1 is 1.27 bits per heavy atom. The van der Waals surface area contributed by atoms with Crippen molar-refractivity contribution in [3.8, 4) is 0 Å². The molecule has 1 aromatic carbocycles. The second-order valence-corrected chi connectivity index (χ2v) is 5.27. The number of nitrogens with one attached hydrogen (secondary N) is 1. The summed E-state index contributed by atoms with van der Waals surface area (Å²) in [6.07, 6.45) is 2.06. The Morgan fingerprint density at radius 3 is 2.69 bits per heavy atom. The van der Waals surface area contributed by atoms with Crippen molar-refractivity contribution in [3.05, 3.63) is 71.1 Å². The van der Waals surface area contributed by atoms with E-state index in [1.54, 1.807) is 6.07 Å². The smallest absolute Gasteiger partial charge is 0.337 e. The second-order valence-electron chi connectivity index (χ2n) is 5.27. The Balaban J connectivity index is 1.97. The van der Waals surface area contributed by atoms with E-state index in [1.165, 1.54) is 29.0 Å². The Hall–Kier alpha value is -3.82. The van der Waals surface area contributed by atoms with Crippen molar-refractivity contribution in [1.82, 2.24) is 25.2 Å². The number of carbonyl (C=O) groups excluding carboxylic acids is 1. The maximum absolute atomic E-state index is 13.9. The van der Waals surface area contributed by atoms with Crippen LogP contribution >= 0.6 is 0 Å². The van der Waals surface area contributed by atoms with Crippen LogP contribution in [0.4, 0.5) is 4.39 Å². The third kappa shape index (κ3) is 3.48. The number of benzene rings is 1. The maximum Gasteiger partial charge on any atom is 0.337 e. The molecule has 0 atom stereocenters. The third-order valence-corrected chi connectivity index (χ3v) is 3.54. The predicted molar refractivity (Wildman–Crippen MR) is 86.0 cm³/mol. The molecule has 132 valence electrons. The van der Waals surface area contributed by atoms with Crippen LogP contribution in [0, 0.1) is 5.82 Å². The zero-order valence-electron chi connectivity index (χ0n) is 13.1. The van der Waals surface area contributed by atoms with Crippen LogP contribution in [0.25, 0.3) is 5.76 Å². The van der Waals surface area contributed by atoms with Crippen molar-refractivity contribution < 1.29 is 24.2 Å². The van der Waals surface area contributed by atoms with E-state index in [9.17, 15) is 19.1 Å². The normalized spacial score (nSPS) is 11.5. The number of aliphatic hydroxyl groups is 1. The van der Waals surface area contributed by atoms with Crippen molar-refractivity contribution in [2.45, 2.75) is 6.54 Å². The molecule has 0 spiro atoms. The molecule has 0 amide bonds. The monoisotopic (exact) mass is 357 g/mol. The summed E-state index contributed by atoms with van der Waals surface area (Å²) in [4.78, 5) is 23.7. The molecule has 0 unspecified atom stereocenters. The summed E-state index contributed by atoms with van der Waals surface area (Å²) in [5, 5.41) is 31.5. The minimum absolute atomic E-state index is 0.0410. The first kappa shape index (κ1) is 17.0. The standard InChI is InChI=1S/C16H12FN5O4/c17-11-4-2-1-3-9(11)7-22-8-10(16(25)26)5-12(22)13(23)6-14(24)15-18-20-21-19-15/h1-6,8,24H,7H2,(H,25,26)(H,18,19,20,21). The maximum atomic E-state index is 13.9. The Kier molecular flexibility index (Phi) is 4.56. The largest absolute Gasteiger partial charge is 0.504 e. The van der Waals surface area contributed by atoms with Crippen LogP contribution in [-0.2, 0) is 6.54 Å². The molecule has 10 heteroatoms. The molecule has 0 saturated carbocycles. The molecule has 0 aliphatic carbocycles. The third-order valence-electron chi connectivity index (χ3n) is 3.54. The Labute approximate surface area is 145 Å². The molecule has 9 nitrogen and oxygen atoms in total. The number of tetrazole rings is 1. The van der Waals surface area contributed by atoms with E-state index < -0.39 is 23.3 Å². The number of carbonyl (C=O) groups is 2. The molecule has 2 aromatic heterocycles. The van der Waals surface area contributed by atoms with Gasteiger partial charge in [0.05, 0.1) is 17.8 Å². The van der Waals surface area contributed by atoms with Crippen molar-refractivity contribution >= 4 is 17.5 Å². The fourth-order valence-electron chi connectivity index (χ4n) is 2.31. The first-order valence-electron chi connectivity index (χ1n) is 7.31. The summed E-state index contributed by atoms with van der Waals surface area (Å²) in [6, 6.07) is 7.08. The predicted octanol–water partition coefficient (Wildman–Crippen LogP) is 1.67. The molecule has 0 fully saturated rings. The zero-order chi connectivity index (χ0) is 18.7. The minimum atomic E-state index is -1.24. The quantitative estimate of drug-likeness (QED) is 0.347. The average molecular weight is 357 g/mol. The molecule has 0 aliphatic heterocycles. The molecule has 26 heavy (non-hydrogen) atoms. The van der Waals surface area contributed by atoms with Crippen molar-refractivity contribution in [1.29, 1.82) is 0 Å². The number of hydrogen-bond acceptors (Lipinski definition) is 6. The zero-order valence-corrected chi connectivity index (χ0v) is 13.1. The van der Waals surface area contributed by atoms with Gasteiger partial charge in [0.1, 0.15) is 5.82 Å². The number of H-pyrrole nitrogens is 1. The summed E-state index contributed by atoms with van der Waals surface area (Å²) < 4.78 is 15.2. The number of allylic oxidation sites excluding steroid dienone is 1. The van der Waals surface area contributed by atoms with Crippen molar-refractivity contribution in [2.75, 3.05) is 0 Å². The van der Waals surface area contributed by atoms with Crippen LogP contribution in [0.2, 0.25) is 0 Å². The van der Waals surface area contributed by atoms with Gasteiger partial charge in [-0.1, -0.05) is 18.2 Å². The van der Waals surface area contributed by atoms with Crippen molar-refractivity contribution in [3.63, 3.8) is 0 Å². The Morgan fingerprint density at radius 2 is 2.04 bits per heavy atom. The lowest BCUT2D eigenvalue weighted by atomic mass is 10.2. The van der Waals surface area contributed by atoms with E-state index in [0.29, 0.717) is 0 Å². The van der Waals surface area contributed by atoms with Gasteiger partial charge in [0.25, 0.3) is 0 Å². The van der Waals surface area contributed by atoms with E-state index in [1.807, 2.05) is 0 Å². The SMILES string of the molecule is O=C(O)c1cc(C(=O)C=C(O)c2nn[nH]n2)n(Cc2ccccc2F)c1. The van der Waals surface area contributed by atoms with Gasteiger partial charge in [0.15, 0.2) is 5.76 Å². The molecule has 0 radical (unpaired) electrons. The van der Waals surface area contributed by atoms with Crippen LogP contribution in [0.1, 0.15) is 32.2 Å². The van der Waals surface area contributed by atoms with Crippen LogP contribution in [0.3, 0.4) is 0 Å². The Bertz CT molecular complexity index is 994. The molecular weight excluding hydrogens is 345 g/mol. The highest BCUT2D eigenvalue weighted by molar-refractivity contribution is 6.07. The van der Waals surface area contributed by atoms with E-state index >= 15 is 0 Å². The molecule has 2 heterocycles. The number of nitrogens with zero attached hydrogens (tertiary/aromatic N) is 4. The lowest BCUT2D eigenvalue weighted by Gasteiger charge is -2.08. The van der Waals surface area contributed by atoms with E-state index in [2.05, 4.69) is 20.6 Å². The number of aromatic nitrogens is 5. The molecular formula is C16H12FN5O4. The van der Waals surface area contributed by atoms with Gasteiger partial charge in [0.2, 0.25) is 11.6 Å². The summed E-state index contributed by atoms with van der Waals surface area (Å²) in [6.45, 7) is -0.0577. The molecule has 0 saturated heterocycles. The fourth-order valence-corrected chi connectivity index (χ4v) is 2.31. The minimum Gasteiger partial charge on any atom is -0.504 e. The number of carboxylic acid groups (broad SMARTS) is 1. The molecule has 3 N–H and O–H groups in total. The summed E-state index contributed by atoms with van der Waals surface area (Å²) in [7, 11) is 0. The lowest BCUT2D eigenvalue weighted by Crippen LogP contribution is -2.09. The van der Waals surface area contributed by atoms with Gasteiger partial charge in [-0.05, 0) is 17.3 Å². The summed E-state index contributed by atoms with van der Waals surface area (Å²) >= 11 is 0. The van der Waals surface area contributed by atoms with Gasteiger partial charge in [-0.15, -0.1) is 10.2 Å². The number of halogens is 1. The topological polar surface area (TPSA) is 134 Å². The molecule has 0 aliphatic rings. The second kappa shape index (κ2) is 6.97. The highest BCUT2D eigenvalue weighted by Crippen LogP contribution is 2.16. The van der Waals surface area contributed by atoms with Crippen LogP contribution in [0.15, 0.2) is 42.6 Å². The number of rotatable bonds is 6. The van der Waals surface area contributed by atoms with E-state index in [0.717, 1.165) is 12.1 Å². The van der Waals surface area contributed by atoms with Crippen LogP contribution < -0.4 is 0 Å². The number of hydrogen-bond donors (Lipinski definition) is 3. The summed E-state index contributed by atoms with van der Waals surface area (Å²) in [5.74, 6) is -3.15. The van der Waals surface area contributed by atoms with Gasteiger partial charge < -0.3 is 14.8 Å². The van der Waals surface area contributed by atoms with Gasteiger partial charge >= 0.3 is 5.97 Å².